The zero-order valence-electron chi connectivity index (χ0n) is 13.0. The molecule has 1 aliphatic rings. The van der Waals surface area contributed by atoms with Gasteiger partial charge in [0.1, 0.15) is 5.82 Å². The standard InChI is InChI=1S/C16H24FN3O/c1-11-14(17)8-13(9-15(11)18)16(21)20(3)10-12-4-6-19(2)7-5-12/h8-9,12H,4-7,10,18H2,1-3H3. The second kappa shape index (κ2) is 6.43. The molecule has 1 aromatic carbocycles. The van der Waals surface area contributed by atoms with Gasteiger partial charge in [-0.05, 0) is 58.0 Å². The number of carbonyl (C=O) groups excluding carboxylic acids is 1. The summed E-state index contributed by atoms with van der Waals surface area (Å²) in [6, 6.07) is 2.84. The molecule has 4 nitrogen and oxygen atoms in total. The summed E-state index contributed by atoms with van der Waals surface area (Å²) >= 11 is 0. The maximum Gasteiger partial charge on any atom is 0.253 e. The first kappa shape index (κ1) is 15.8. The monoisotopic (exact) mass is 293 g/mol. The highest BCUT2D eigenvalue weighted by molar-refractivity contribution is 5.95. The molecule has 116 valence electrons. The van der Waals surface area contributed by atoms with Gasteiger partial charge >= 0.3 is 0 Å². The van der Waals surface area contributed by atoms with Gasteiger partial charge in [-0.15, -0.1) is 0 Å². The molecule has 0 unspecified atom stereocenters. The lowest BCUT2D eigenvalue weighted by Crippen LogP contribution is -2.38. The van der Waals surface area contributed by atoms with Crippen molar-refractivity contribution in [3.05, 3.63) is 29.1 Å². The van der Waals surface area contributed by atoms with Crippen LogP contribution in [0.25, 0.3) is 0 Å². The Morgan fingerprint density at radius 1 is 1.43 bits per heavy atom. The van der Waals surface area contributed by atoms with Crippen LogP contribution in [0.5, 0.6) is 0 Å². The average molecular weight is 293 g/mol. The largest absolute Gasteiger partial charge is 0.398 e. The third-order valence-electron chi connectivity index (χ3n) is 4.35. The molecule has 1 aliphatic heterocycles. The molecular weight excluding hydrogens is 269 g/mol. The Morgan fingerprint density at radius 3 is 2.62 bits per heavy atom. The Kier molecular flexibility index (Phi) is 4.83. The minimum Gasteiger partial charge on any atom is -0.398 e. The molecule has 5 heteroatoms. The number of piperidine rings is 1. The number of nitrogens with zero attached hydrogens (tertiary/aromatic N) is 2. The summed E-state index contributed by atoms with van der Waals surface area (Å²) in [5.41, 5.74) is 6.79. The minimum absolute atomic E-state index is 0.167. The number of hydrogen-bond donors (Lipinski definition) is 1. The van der Waals surface area contributed by atoms with Crippen LogP contribution in [0.15, 0.2) is 12.1 Å². The van der Waals surface area contributed by atoms with Gasteiger partial charge in [-0.1, -0.05) is 0 Å². The Bertz CT molecular complexity index is 501. The molecule has 2 N–H and O–H groups in total. The van der Waals surface area contributed by atoms with E-state index in [1.807, 2.05) is 0 Å². The van der Waals surface area contributed by atoms with E-state index < -0.39 is 5.82 Å². The van der Waals surface area contributed by atoms with E-state index in [0.29, 0.717) is 29.3 Å². The summed E-state index contributed by atoms with van der Waals surface area (Å²) in [4.78, 5) is 16.4. The van der Waals surface area contributed by atoms with Gasteiger partial charge in [-0.25, -0.2) is 4.39 Å². The van der Waals surface area contributed by atoms with Crippen molar-refractivity contribution >= 4 is 11.6 Å². The molecule has 0 atom stereocenters. The van der Waals surface area contributed by atoms with Crippen LogP contribution in [0.4, 0.5) is 10.1 Å². The van der Waals surface area contributed by atoms with Crippen LogP contribution in [0, 0.1) is 18.7 Å². The summed E-state index contributed by atoms with van der Waals surface area (Å²) in [6.45, 7) is 4.46. The van der Waals surface area contributed by atoms with Gasteiger partial charge in [0.25, 0.3) is 5.91 Å². The number of carbonyl (C=O) groups is 1. The normalized spacial score (nSPS) is 17.0. The Hall–Kier alpha value is -1.62. The highest BCUT2D eigenvalue weighted by Crippen LogP contribution is 2.21. The van der Waals surface area contributed by atoms with E-state index in [-0.39, 0.29) is 5.91 Å². The van der Waals surface area contributed by atoms with E-state index in [4.69, 9.17) is 5.73 Å². The average Bonchev–Trinajstić information content (AvgIpc) is 2.45. The smallest absolute Gasteiger partial charge is 0.253 e. The molecule has 0 aliphatic carbocycles. The fraction of sp³-hybridized carbons (Fsp3) is 0.562. The first-order chi connectivity index (χ1) is 9.88. The van der Waals surface area contributed by atoms with Crippen LogP contribution in [0.2, 0.25) is 0 Å². The maximum absolute atomic E-state index is 13.7. The number of anilines is 1. The number of rotatable bonds is 3. The predicted molar refractivity (Wildman–Crippen MR) is 82.7 cm³/mol. The van der Waals surface area contributed by atoms with Crippen molar-refractivity contribution in [2.24, 2.45) is 5.92 Å². The lowest BCUT2D eigenvalue weighted by atomic mass is 9.96. The number of nitrogen functional groups attached to an aromatic ring is 1. The lowest BCUT2D eigenvalue weighted by molar-refractivity contribution is 0.0747. The molecule has 1 fully saturated rings. The van der Waals surface area contributed by atoms with Crippen molar-refractivity contribution in [3.63, 3.8) is 0 Å². The van der Waals surface area contributed by atoms with Crippen LogP contribution in [0.1, 0.15) is 28.8 Å². The van der Waals surface area contributed by atoms with E-state index in [1.165, 1.54) is 6.07 Å². The fourth-order valence-corrected chi connectivity index (χ4v) is 2.76. The van der Waals surface area contributed by atoms with Crippen LogP contribution in [0.3, 0.4) is 0 Å². The number of nitrogens with two attached hydrogens (primary N) is 1. The number of hydrogen-bond acceptors (Lipinski definition) is 3. The highest BCUT2D eigenvalue weighted by Gasteiger charge is 2.21. The molecule has 0 saturated carbocycles. The second-order valence-electron chi connectivity index (χ2n) is 6.10. The molecule has 1 heterocycles. The van der Waals surface area contributed by atoms with E-state index in [9.17, 15) is 9.18 Å². The number of likely N-dealkylation sites (tertiary alicyclic amines) is 1. The van der Waals surface area contributed by atoms with Gasteiger partial charge in [-0.2, -0.15) is 0 Å². The van der Waals surface area contributed by atoms with Gasteiger partial charge in [0, 0.05) is 30.4 Å². The SMILES string of the molecule is Cc1c(N)cc(C(=O)N(C)CC2CCN(C)CC2)cc1F. The van der Waals surface area contributed by atoms with E-state index in [0.717, 1.165) is 25.9 Å². The first-order valence-electron chi connectivity index (χ1n) is 7.38. The zero-order chi connectivity index (χ0) is 15.6. The van der Waals surface area contributed by atoms with Crippen LogP contribution >= 0.6 is 0 Å². The number of benzene rings is 1. The summed E-state index contributed by atoms with van der Waals surface area (Å²) < 4.78 is 13.7. The fourth-order valence-electron chi connectivity index (χ4n) is 2.76. The molecule has 1 aromatic rings. The molecule has 0 aromatic heterocycles. The van der Waals surface area contributed by atoms with Gasteiger partial charge in [0.05, 0.1) is 0 Å². The highest BCUT2D eigenvalue weighted by atomic mass is 19.1. The molecule has 0 spiro atoms. The summed E-state index contributed by atoms with van der Waals surface area (Å²) in [6.07, 6.45) is 2.19. The maximum atomic E-state index is 13.7. The molecule has 0 bridgehead atoms. The van der Waals surface area contributed by atoms with Crippen molar-refractivity contribution in [3.8, 4) is 0 Å². The van der Waals surface area contributed by atoms with Crippen LogP contribution in [-0.4, -0.2) is 49.4 Å². The molecule has 21 heavy (non-hydrogen) atoms. The van der Waals surface area contributed by atoms with Crippen molar-refractivity contribution < 1.29 is 9.18 Å². The lowest BCUT2D eigenvalue weighted by Gasteiger charge is -2.31. The second-order valence-corrected chi connectivity index (χ2v) is 6.10. The summed E-state index contributed by atoms with van der Waals surface area (Å²) in [5.74, 6) is -0.0756. The molecule has 2 rings (SSSR count). The third-order valence-corrected chi connectivity index (χ3v) is 4.35. The Labute approximate surface area is 125 Å². The van der Waals surface area contributed by atoms with Crippen molar-refractivity contribution in [1.82, 2.24) is 9.80 Å². The Morgan fingerprint density at radius 2 is 2.05 bits per heavy atom. The first-order valence-corrected chi connectivity index (χ1v) is 7.38. The molecule has 0 radical (unpaired) electrons. The van der Waals surface area contributed by atoms with Gasteiger partial charge in [0.15, 0.2) is 0 Å². The zero-order valence-corrected chi connectivity index (χ0v) is 13.0. The van der Waals surface area contributed by atoms with Crippen molar-refractivity contribution in [2.75, 3.05) is 39.5 Å². The minimum atomic E-state index is -0.425. The molecular formula is C16H24FN3O. The van der Waals surface area contributed by atoms with Gasteiger partial charge < -0.3 is 15.5 Å². The summed E-state index contributed by atoms with van der Waals surface area (Å²) in [5, 5.41) is 0. The third kappa shape index (κ3) is 3.73. The van der Waals surface area contributed by atoms with Crippen molar-refractivity contribution in [2.45, 2.75) is 19.8 Å². The predicted octanol–water partition coefficient (Wildman–Crippen LogP) is 2.13. The van der Waals surface area contributed by atoms with E-state index in [2.05, 4.69) is 11.9 Å². The molecule has 1 amide bonds. The van der Waals surface area contributed by atoms with Crippen LogP contribution < -0.4 is 5.73 Å². The van der Waals surface area contributed by atoms with Crippen molar-refractivity contribution in [1.29, 1.82) is 0 Å². The van der Waals surface area contributed by atoms with Gasteiger partial charge in [0.2, 0.25) is 0 Å². The molecule has 1 saturated heterocycles. The van der Waals surface area contributed by atoms with E-state index in [1.54, 1.807) is 24.9 Å². The topological polar surface area (TPSA) is 49.6 Å². The van der Waals surface area contributed by atoms with Gasteiger partial charge in [-0.3, -0.25) is 4.79 Å². The quantitative estimate of drug-likeness (QED) is 0.869. The summed E-state index contributed by atoms with van der Waals surface area (Å²) in [7, 11) is 3.89. The van der Waals surface area contributed by atoms with Crippen LogP contribution in [-0.2, 0) is 0 Å². The van der Waals surface area contributed by atoms with E-state index >= 15 is 0 Å². The number of halogens is 1. The number of amides is 1. The Balaban J connectivity index is 2.02.